The van der Waals surface area contributed by atoms with Crippen LogP contribution in [0.15, 0.2) is 24.3 Å². The molecular weight excluding hydrogens is 268 g/mol. The van der Waals surface area contributed by atoms with E-state index in [1.54, 1.807) is 14.2 Å². The predicted octanol–water partition coefficient (Wildman–Crippen LogP) is 1.94. The van der Waals surface area contributed by atoms with Gasteiger partial charge >= 0.3 is 0 Å². The molecule has 1 amide bonds. The fourth-order valence-corrected chi connectivity index (χ4v) is 2.51. The Labute approximate surface area is 126 Å². The Kier molecular flexibility index (Phi) is 4.54. The van der Waals surface area contributed by atoms with Crippen molar-refractivity contribution in [3.8, 4) is 5.75 Å². The van der Waals surface area contributed by atoms with E-state index in [1.807, 2.05) is 49.9 Å². The summed E-state index contributed by atoms with van der Waals surface area (Å²) in [5.74, 6) is 0.875. The van der Waals surface area contributed by atoms with Gasteiger partial charge in [-0.3, -0.25) is 10.1 Å². The van der Waals surface area contributed by atoms with Gasteiger partial charge in [-0.15, -0.1) is 0 Å². The number of hydrogen-bond acceptors (Lipinski definition) is 4. The van der Waals surface area contributed by atoms with Crippen LogP contribution in [0.2, 0.25) is 0 Å². The van der Waals surface area contributed by atoms with E-state index in [4.69, 9.17) is 9.47 Å². The Morgan fingerprint density at radius 2 is 2.05 bits per heavy atom. The molecule has 116 valence electrons. The fraction of sp³-hybridized carbons (Fsp3) is 0.562. The van der Waals surface area contributed by atoms with Gasteiger partial charge in [0, 0.05) is 7.11 Å². The van der Waals surface area contributed by atoms with E-state index >= 15 is 0 Å². The Morgan fingerprint density at radius 1 is 1.33 bits per heavy atom. The Hall–Kier alpha value is -1.59. The molecule has 0 aliphatic carbocycles. The molecule has 1 aromatic carbocycles. The van der Waals surface area contributed by atoms with Crippen molar-refractivity contribution in [3.63, 3.8) is 0 Å². The first-order valence-corrected chi connectivity index (χ1v) is 7.13. The first-order chi connectivity index (χ1) is 9.88. The number of carbonyl (C=O) groups is 1. The predicted molar refractivity (Wildman–Crippen MR) is 81.1 cm³/mol. The molecule has 2 unspecified atom stereocenters. The molecule has 0 bridgehead atoms. The lowest BCUT2D eigenvalue weighted by molar-refractivity contribution is -0.133. The molecule has 1 heterocycles. The third-order valence-electron chi connectivity index (χ3n) is 3.89. The minimum atomic E-state index is -0.390. The molecule has 0 aromatic heterocycles. The summed E-state index contributed by atoms with van der Waals surface area (Å²) in [4.78, 5) is 14.3. The van der Waals surface area contributed by atoms with E-state index < -0.39 is 5.60 Å². The number of ether oxygens (including phenoxy) is 2. The molecule has 1 aromatic rings. The van der Waals surface area contributed by atoms with Crippen LogP contribution in [-0.2, 0) is 9.53 Å². The SMILES string of the molecule is COc1cccc(C2NC(C)C(=O)N2CC(C)(C)OC)c1. The zero-order chi connectivity index (χ0) is 15.6. The molecular formula is C16H24N2O3. The van der Waals surface area contributed by atoms with Gasteiger partial charge in [0.25, 0.3) is 0 Å². The average molecular weight is 292 g/mol. The second-order valence-corrected chi connectivity index (χ2v) is 6.00. The Bertz CT molecular complexity index is 516. The third kappa shape index (κ3) is 3.36. The first-order valence-electron chi connectivity index (χ1n) is 7.13. The van der Waals surface area contributed by atoms with Gasteiger partial charge in [-0.25, -0.2) is 0 Å². The van der Waals surface area contributed by atoms with Crippen LogP contribution in [-0.4, -0.2) is 43.2 Å². The van der Waals surface area contributed by atoms with E-state index in [2.05, 4.69) is 5.32 Å². The van der Waals surface area contributed by atoms with Gasteiger partial charge in [0.05, 0.1) is 25.3 Å². The van der Waals surface area contributed by atoms with Gasteiger partial charge in [-0.05, 0) is 38.5 Å². The van der Waals surface area contributed by atoms with Gasteiger partial charge in [-0.1, -0.05) is 12.1 Å². The molecule has 5 nitrogen and oxygen atoms in total. The smallest absolute Gasteiger partial charge is 0.241 e. The largest absolute Gasteiger partial charge is 0.497 e. The topological polar surface area (TPSA) is 50.8 Å². The second-order valence-electron chi connectivity index (χ2n) is 6.00. The number of methoxy groups -OCH3 is 2. The number of rotatable bonds is 5. The fourth-order valence-electron chi connectivity index (χ4n) is 2.51. The van der Waals surface area contributed by atoms with E-state index in [0.717, 1.165) is 11.3 Å². The summed E-state index contributed by atoms with van der Waals surface area (Å²) in [5.41, 5.74) is 0.623. The maximum Gasteiger partial charge on any atom is 0.241 e. The first kappa shape index (κ1) is 15.8. The van der Waals surface area contributed by atoms with Gasteiger partial charge in [-0.2, -0.15) is 0 Å². The molecule has 1 N–H and O–H groups in total. The minimum Gasteiger partial charge on any atom is -0.497 e. The molecule has 21 heavy (non-hydrogen) atoms. The molecule has 0 spiro atoms. The third-order valence-corrected chi connectivity index (χ3v) is 3.89. The molecule has 1 saturated heterocycles. The van der Waals surface area contributed by atoms with Gasteiger partial charge in [0.15, 0.2) is 0 Å². The molecule has 2 rings (SSSR count). The summed E-state index contributed by atoms with van der Waals surface area (Å²) in [6, 6.07) is 7.58. The lowest BCUT2D eigenvalue weighted by Crippen LogP contribution is -2.43. The standard InChI is InChI=1S/C16H24N2O3/c1-11-15(19)18(10-16(2,3)21-5)14(17-11)12-7-6-8-13(9-12)20-4/h6-9,11,14,17H,10H2,1-5H3. The quantitative estimate of drug-likeness (QED) is 0.901. The number of amides is 1. The van der Waals surface area contributed by atoms with Crippen molar-refractivity contribution < 1.29 is 14.3 Å². The molecule has 1 fully saturated rings. The highest BCUT2D eigenvalue weighted by Crippen LogP contribution is 2.29. The molecule has 2 atom stereocenters. The number of benzene rings is 1. The summed E-state index contributed by atoms with van der Waals surface area (Å²) in [7, 11) is 3.30. The highest BCUT2D eigenvalue weighted by atomic mass is 16.5. The highest BCUT2D eigenvalue weighted by Gasteiger charge is 2.39. The van der Waals surface area contributed by atoms with E-state index in [1.165, 1.54) is 0 Å². The number of nitrogens with zero attached hydrogens (tertiary/aromatic N) is 1. The molecule has 5 heteroatoms. The number of carbonyl (C=O) groups excluding carboxylic acids is 1. The zero-order valence-corrected chi connectivity index (χ0v) is 13.3. The van der Waals surface area contributed by atoms with Crippen LogP contribution in [0.4, 0.5) is 0 Å². The van der Waals surface area contributed by atoms with Gasteiger partial charge in [0.1, 0.15) is 11.9 Å². The van der Waals surface area contributed by atoms with Crippen LogP contribution in [0.25, 0.3) is 0 Å². The summed E-state index contributed by atoms with van der Waals surface area (Å²) >= 11 is 0. The van der Waals surface area contributed by atoms with Crippen molar-refractivity contribution in [3.05, 3.63) is 29.8 Å². The Morgan fingerprint density at radius 3 is 2.67 bits per heavy atom. The zero-order valence-electron chi connectivity index (χ0n) is 13.3. The highest BCUT2D eigenvalue weighted by molar-refractivity contribution is 5.84. The van der Waals surface area contributed by atoms with Crippen LogP contribution in [0.5, 0.6) is 5.75 Å². The molecule has 0 saturated carbocycles. The lowest BCUT2D eigenvalue weighted by atomic mass is 10.1. The Balaban J connectivity index is 2.29. The van der Waals surface area contributed by atoms with Crippen molar-refractivity contribution in [2.24, 2.45) is 0 Å². The van der Waals surface area contributed by atoms with Crippen molar-refractivity contribution in [1.82, 2.24) is 10.2 Å². The van der Waals surface area contributed by atoms with Crippen LogP contribution in [0.1, 0.15) is 32.5 Å². The number of hydrogen-bond donors (Lipinski definition) is 1. The van der Waals surface area contributed by atoms with Crippen LogP contribution in [0, 0.1) is 0 Å². The summed E-state index contributed by atoms with van der Waals surface area (Å²) in [5, 5.41) is 3.33. The normalized spacial score (nSPS) is 22.7. The van der Waals surface area contributed by atoms with Crippen molar-refractivity contribution in [1.29, 1.82) is 0 Å². The molecule has 1 aliphatic rings. The monoisotopic (exact) mass is 292 g/mol. The average Bonchev–Trinajstić information content (AvgIpc) is 2.75. The van der Waals surface area contributed by atoms with E-state index in [-0.39, 0.29) is 18.1 Å². The van der Waals surface area contributed by atoms with Crippen LogP contribution in [0.3, 0.4) is 0 Å². The summed E-state index contributed by atoms with van der Waals surface area (Å²) in [6.07, 6.45) is -0.156. The van der Waals surface area contributed by atoms with Crippen molar-refractivity contribution in [2.45, 2.75) is 38.6 Å². The summed E-state index contributed by atoms with van der Waals surface area (Å²) < 4.78 is 10.7. The van der Waals surface area contributed by atoms with Crippen molar-refractivity contribution in [2.75, 3.05) is 20.8 Å². The number of nitrogens with one attached hydrogen (secondary N) is 1. The maximum absolute atomic E-state index is 12.4. The molecule has 1 aliphatic heterocycles. The lowest BCUT2D eigenvalue weighted by Gasteiger charge is -2.32. The van der Waals surface area contributed by atoms with E-state index in [0.29, 0.717) is 6.54 Å². The van der Waals surface area contributed by atoms with Crippen molar-refractivity contribution >= 4 is 5.91 Å². The maximum atomic E-state index is 12.4. The summed E-state index contributed by atoms with van der Waals surface area (Å²) in [6.45, 7) is 6.37. The van der Waals surface area contributed by atoms with E-state index in [9.17, 15) is 4.79 Å². The van der Waals surface area contributed by atoms with Gasteiger partial charge in [0.2, 0.25) is 5.91 Å². The van der Waals surface area contributed by atoms with Gasteiger partial charge < -0.3 is 14.4 Å². The van der Waals surface area contributed by atoms with Crippen LogP contribution >= 0.6 is 0 Å². The van der Waals surface area contributed by atoms with Crippen LogP contribution < -0.4 is 10.1 Å². The minimum absolute atomic E-state index is 0.0907. The molecule has 0 radical (unpaired) electrons. The second kappa shape index (κ2) is 6.03.